The van der Waals surface area contributed by atoms with Crippen molar-refractivity contribution in [3.63, 3.8) is 0 Å². The van der Waals surface area contributed by atoms with Crippen LogP contribution in [0.4, 0.5) is 0 Å². The monoisotopic (exact) mass is 347 g/mol. The molecule has 1 heterocycles. The smallest absolute Gasteiger partial charge is 0.227 e. The Morgan fingerprint density at radius 1 is 1.00 bits per heavy atom. The van der Waals surface area contributed by atoms with E-state index in [2.05, 4.69) is 0 Å². The maximum Gasteiger partial charge on any atom is 0.227 e. The van der Waals surface area contributed by atoms with Gasteiger partial charge in [0.2, 0.25) is 5.91 Å². The van der Waals surface area contributed by atoms with Crippen molar-refractivity contribution in [3.8, 4) is 16.9 Å². The zero-order valence-electron chi connectivity index (χ0n) is 15.8. The van der Waals surface area contributed by atoms with Crippen LogP contribution in [0.2, 0.25) is 0 Å². The second kappa shape index (κ2) is 7.16. The predicted molar refractivity (Wildman–Crippen MR) is 105 cm³/mol. The standard InChI is InChI=1S/C22H25N3O/c1-22(2,3)21(26)24(4)15-18-16-25(19-13-9-6-10-14-19)23-20(18)17-11-7-5-8-12-17/h5-14,16H,15H2,1-4H3. The van der Waals surface area contributed by atoms with E-state index in [1.54, 1.807) is 4.90 Å². The van der Waals surface area contributed by atoms with Gasteiger partial charge in [-0.25, -0.2) is 4.68 Å². The SMILES string of the molecule is CN(Cc1cn(-c2ccccc2)nc1-c1ccccc1)C(=O)C(C)(C)C. The second-order valence-corrected chi connectivity index (χ2v) is 7.56. The zero-order chi connectivity index (χ0) is 18.7. The van der Waals surface area contributed by atoms with E-state index in [0.29, 0.717) is 6.54 Å². The average molecular weight is 347 g/mol. The summed E-state index contributed by atoms with van der Waals surface area (Å²) in [7, 11) is 1.85. The Bertz CT molecular complexity index is 877. The summed E-state index contributed by atoms with van der Waals surface area (Å²) in [5.41, 5.74) is 3.58. The van der Waals surface area contributed by atoms with Gasteiger partial charge >= 0.3 is 0 Å². The molecule has 1 amide bonds. The molecule has 0 aliphatic rings. The van der Waals surface area contributed by atoms with Crippen LogP contribution < -0.4 is 0 Å². The van der Waals surface area contributed by atoms with E-state index in [4.69, 9.17) is 5.10 Å². The highest BCUT2D eigenvalue weighted by Gasteiger charge is 2.26. The summed E-state index contributed by atoms with van der Waals surface area (Å²) in [4.78, 5) is 14.4. The number of carbonyl (C=O) groups excluding carboxylic acids is 1. The van der Waals surface area contributed by atoms with E-state index >= 15 is 0 Å². The summed E-state index contributed by atoms with van der Waals surface area (Å²) in [5.74, 6) is 0.115. The minimum Gasteiger partial charge on any atom is -0.341 e. The first-order valence-corrected chi connectivity index (χ1v) is 8.81. The lowest BCUT2D eigenvalue weighted by Crippen LogP contribution is -2.36. The number of para-hydroxylation sites is 1. The Labute approximate surface area is 155 Å². The molecule has 0 aliphatic heterocycles. The zero-order valence-corrected chi connectivity index (χ0v) is 15.8. The first-order valence-electron chi connectivity index (χ1n) is 8.81. The lowest BCUT2D eigenvalue weighted by Gasteiger charge is -2.25. The van der Waals surface area contributed by atoms with Crippen molar-refractivity contribution in [2.24, 2.45) is 5.41 Å². The number of hydrogen-bond acceptors (Lipinski definition) is 2. The molecule has 0 spiro atoms. The third kappa shape index (κ3) is 3.85. The third-order valence-corrected chi connectivity index (χ3v) is 4.25. The number of hydrogen-bond donors (Lipinski definition) is 0. The molecular formula is C22H25N3O. The van der Waals surface area contributed by atoms with Crippen molar-refractivity contribution in [2.75, 3.05) is 7.05 Å². The van der Waals surface area contributed by atoms with Gasteiger partial charge in [-0.3, -0.25) is 4.79 Å². The summed E-state index contributed by atoms with van der Waals surface area (Å²) in [5, 5.41) is 4.80. The van der Waals surface area contributed by atoms with Gasteiger partial charge in [-0.15, -0.1) is 0 Å². The number of aromatic nitrogens is 2. The highest BCUT2D eigenvalue weighted by molar-refractivity contribution is 5.81. The van der Waals surface area contributed by atoms with Crippen LogP contribution in [0.15, 0.2) is 66.9 Å². The molecule has 26 heavy (non-hydrogen) atoms. The molecule has 4 nitrogen and oxygen atoms in total. The highest BCUT2D eigenvalue weighted by atomic mass is 16.2. The number of benzene rings is 2. The molecule has 0 atom stereocenters. The van der Waals surface area contributed by atoms with Crippen LogP contribution in [0, 0.1) is 5.41 Å². The van der Waals surface area contributed by atoms with Gasteiger partial charge in [0.1, 0.15) is 0 Å². The normalized spacial score (nSPS) is 11.4. The molecule has 0 bridgehead atoms. The molecule has 0 N–H and O–H groups in total. The molecule has 0 radical (unpaired) electrons. The molecule has 2 aromatic carbocycles. The lowest BCUT2D eigenvalue weighted by molar-refractivity contribution is -0.138. The van der Waals surface area contributed by atoms with E-state index < -0.39 is 5.41 Å². The molecule has 0 fully saturated rings. The van der Waals surface area contributed by atoms with Crippen molar-refractivity contribution in [3.05, 3.63) is 72.4 Å². The molecule has 1 aromatic heterocycles. The molecular weight excluding hydrogens is 322 g/mol. The second-order valence-electron chi connectivity index (χ2n) is 7.56. The van der Waals surface area contributed by atoms with Crippen molar-refractivity contribution in [1.82, 2.24) is 14.7 Å². The van der Waals surface area contributed by atoms with E-state index in [9.17, 15) is 4.79 Å². The van der Waals surface area contributed by atoms with Gasteiger partial charge in [-0.05, 0) is 12.1 Å². The van der Waals surface area contributed by atoms with E-state index in [1.165, 1.54) is 0 Å². The molecule has 0 unspecified atom stereocenters. The molecule has 3 rings (SSSR count). The van der Waals surface area contributed by atoms with Crippen LogP contribution in [0.25, 0.3) is 16.9 Å². The minimum absolute atomic E-state index is 0.115. The number of amides is 1. The quantitative estimate of drug-likeness (QED) is 0.695. The number of rotatable bonds is 4. The van der Waals surface area contributed by atoms with Crippen LogP contribution in [-0.2, 0) is 11.3 Å². The van der Waals surface area contributed by atoms with Gasteiger partial charge in [0.15, 0.2) is 0 Å². The first-order chi connectivity index (χ1) is 12.4. The summed E-state index contributed by atoms with van der Waals surface area (Å²) in [6.07, 6.45) is 2.02. The Kier molecular flexibility index (Phi) is 4.94. The Morgan fingerprint density at radius 2 is 1.58 bits per heavy atom. The van der Waals surface area contributed by atoms with Crippen molar-refractivity contribution < 1.29 is 4.79 Å². The van der Waals surface area contributed by atoms with Gasteiger partial charge in [-0.1, -0.05) is 69.3 Å². The molecule has 4 heteroatoms. The minimum atomic E-state index is -0.406. The van der Waals surface area contributed by atoms with Gasteiger partial charge in [0.05, 0.1) is 11.4 Å². The maximum absolute atomic E-state index is 12.6. The summed E-state index contributed by atoms with van der Waals surface area (Å²) >= 11 is 0. The Morgan fingerprint density at radius 3 is 2.15 bits per heavy atom. The molecule has 0 saturated heterocycles. The maximum atomic E-state index is 12.6. The van der Waals surface area contributed by atoms with Crippen LogP contribution in [0.5, 0.6) is 0 Å². The van der Waals surface area contributed by atoms with Crippen LogP contribution >= 0.6 is 0 Å². The van der Waals surface area contributed by atoms with Crippen LogP contribution in [0.1, 0.15) is 26.3 Å². The van der Waals surface area contributed by atoms with Crippen molar-refractivity contribution >= 4 is 5.91 Å². The summed E-state index contributed by atoms with van der Waals surface area (Å²) in [6, 6.07) is 20.1. The summed E-state index contributed by atoms with van der Waals surface area (Å²) < 4.78 is 1.88. The fourth-order valence-corrected chi connectivity index (χ4v) is 2.98. The molecule has 134 valence electrons. The summed E-state index contributed by atoms with van der Waals surface area (Å²) in [6.45, 7) is 6.35. The number of carbonyl (C=O) groups is 1. The first kappa shape index (κ1) is 17.9. The van der Waals surface area contributed by atoms with Crippen LogP contribution in [0.3, 0.4) is 0 Å². The van der Waals surface area contributed by atoms with E-state index in [1.807, 2.05) is 99.4 Å². The highest BCUT2D eigenvalue weighted by Crippen LogP contribution is 2.26. The topological polar surface area (TPSA) is 38.1 Å². The van der Waals surface area contributed by atoms with E-state index in [0.717, 1.165) is 22.5 Å². The van der Waals surface area contributed by atoms with Gasteiger partial charge in [0, 0.05) is 36.3 Å². The van der Waals surface area contributed by atoms with Crippen LogP contribution in [-0.4, -0.2) is 27.6 Å². The third-order valence-electron chi connectivity index (χ3n) is 4.25. The molecule has 0 aliphatic carbocycles. The fraction of sp³-hybridized carbons (Fsp3) is 0.273. The van der Waals surface area contributed by atoms with E-state index in [-0.39, 0.29) is 5.91 Å². The largest absolute Gasteiger partial charge is 0.341 e. The average Bonchev–Trinajstić information content (AvgIpc) is 3.05. The van der Waals surface area contributed by atoms with Gasteiger partial charge in [-0.2, -0.15) is 5.10 Å². The van der Waals surface area contributed by atoms with Gasteiger partial charge < -0.3 is 4.90 Å². The van der Waals surface area contributed by atoms with Crippen molar-refractivity contribution in [1.29, 1.82) is 0 Å². The predicted octanol–water partition coefficient (Wildman–Crippen LogP) is 4.54. The Hall–Kier alpha value is -2.88. The fourth-order valence-electron chi connectivity index (χ4n) is 2.98. The van der Waals surface area contributed by atoms with Gasteiger partial charge in [0.25, 0.3) is 0 Å². The number of nitrogens with zero attached hydrogens (tertiary/aromatic N) is 3. The Balaban J connectivity index is 2.00. The lowest BCUT2D eigenvalue weighted by atomic mass is 9.94. The molecule has 3 aromatic rings. The van der Waals surface area contributed by atoms with Crippen molar-refractivity contribution in [2.45, 2.75) is 27.3 Å². The molecule has 0 saturated carbocycles.